The predicted molar refractivity (Wildman–Crippen MR) is 223 cm³/mol. The van der Waals surface area contributed by atoms with Gasteiger partial charge in [0, 0.05) is 119 Å². The highest BCUT2D eigenvalue weighted by Gasteiger charge is 2.24. The molecule has 0 atom stereocenters. The molecule has 0 fully saturated rings. The van der Waals surface area contributed by atoms with Crippen LogP contribution in [0.4, 0.5) is 22.7 Å². The molecule has 4 aromatic carbocycles. The lowest BCUT2D eigenvalue weighted by molar-refractivity contribution is 0.108. The molecule has 0 unspecified atom stereocenters. The lowest BCUT2D eigenvalue weighted by atomic mass is 9.90. The highest BCUT2D eigenvalue weighted by molar-refractivity contribution is 5.64. The second-order valence-electron chi connectivity index (χ2n) is 13.6. The summed E-state index contributed by atoms with van der Waals surface area (Å²) in [6.07, 6.45) is 1.68. The van der Waals surface area contributed by atoms with Crippen molar-refractivity contribution in [2.75, 3.05) is 102 Å². The molecular weight excluding hydrogens is 713 g/mol. The summed E-state index contributed by atoms with van der Waals surface area (Å²) in [7, 11) is 0. The molecule has 304 valence electrons. The molecule has 8 bridgehead atoms. The molecule has 12 heteroatoms. The van der Waals surface area contributed by atoms with E-state index < -0.39 is 0 Å². The number of nitrogen functional groups attached to an aromatic ring is 4. The van der Waals surface area contributed by atoms with E-state index in [1.165, 1.54) is 0 Å². The van der Waals surface area contributed by atoms with Gasteiger partial charge < -0.3 is 60.8 Å². The second-order valence-corrected chi connectivity index (χ2v) is 13.6. The molecule has 1 aliphatic rings. The van der Waals surface area contributed by atoms with Crippen LogP contribution in [0, 0.1) is 0 Å². The Kier molecular flexibility index (Phi) is 16.2. The van der Waals surface area contributed by atoms with Gasteiger partial charge in [-0.3, -0.25) is 0 Å². The monoisotopic (exact) mass is 772 g/mol. The number of anilines is 4. The molecular formula is C44H60N4O8. The fourth-order valence-corrected chi connectivity index (χ4v) is 7.13. The minimum atomic E-state index is 0.347. The third kappa shape index (κ3) is 11.6. The Labute approximate surface area is 331 Å². The quantitative estimate of drug-likeness (QED) is 0.0510. The fourth-order valence-electron chi connectivity index (χ4n) is 7.13. The van der Waals surface area contributed by atoms with Crippen molar-refractivity contribution in [3.8, 4) is 23.0 Å². The maximum absolute atomic E-state index is 6.69. The van der Waals surface area contributed by atoms with E-state index in [-0.39, 0.29) is 0 Å². The number of hydrogen-bond donors (Lipinski definition) is 4. The van der Waals surface area contributed by atoms with Gasteiger partial charge in [-0.15, -0.1) is 0 Å². The third-order valence-electron chi connectivity index (χ3n) is 9.30. The molecule has 0 saturated carbocycles. The summed E-state index contributed by atoms with van der Waals surface area (Å²) < 4.78 is 49.1. The van der Waals surface area contributed by atoms with Crippen molar-refractivity contribution < 1.29 is 37.9 Å². The van der Waals surface area contributed by atoms with Gasteiger partial charge in [0.2, 0.25) is 0 Å². The first-order valence-electron chi connectivity index (χ1n) is 19.7. The van der Waals surface area contributed by atoms with Crippen molar-refractivity contribution in [2.45, 2.75) is 53.4 Å². The molecule has 0 amide bonds. The van der Waals surface area contributed by atoms with E-state index in [9.17, 15) is 0 Å². The van der Waals surface area contributed by atoms with E-state index in [4.69, 9.17) is 60.8 Å². The van der Waals surface area contributed by atoms with Crippen LogP contribution in [-0.4, -0.2) is 79.3 Å². The van der Waals surface area contributed by atoms with Crippen LogP contribution in [-0.2, 0) is 44.6 Å². The summed E-state index contributed by atoms with van der Waals surface area (Å²) in [5.41, 5.74) is 36.2. The Bertz CT molecular complexity index is 1520. The lowest BCUT2D eigenvalue weighted by Gasteiger charge is -2.24. The molecule has 0 heterocycles. The summed E-state index contributed by atoms with van der Waals surface area (Å²) in [4.78, 5) is 0. The molecule has 5 rings (SSSR count). The van der Waals surface area contributed by atoms with Crippen molar-refractivity contribution in [1.29, 1.82) is 0 Å². The molecule has 8 N–H and O–H groups in total. The van der Waals surface area contributed by atoms with Crippen LogP contribution in [0.25, 0.3) is 0 Å². The maximum Gasteiger partial charge on any atom is 0.126 e. The zero-order valence-electron chi connectivity index (χ0n) is 33.5. The van der Waals surface area contributed by atoms with Crippen LogP contribution in [0.2, 0.25) is 0 Å². The van der Waals surface area contributed by atoms with Crippen molar-refractivity contribution in [3.05, 3.63) is 93.0 Å². The van der Waals surface area contributed by atoms with Crippen molar-refractivity contribution in [2.24, 2.45) is 0 Å². The highest BCUT2D eigenvalue weighted by atomic mass is 16.5. The lowest BCUT2D eigenvalue weighted by Crippen LogP contribution is -2.14. The molecule has 0 aliphatic heterocycles. The summed E-state index contributed by atoms with van der Waals surface area (Å²) in [5.74, 6) is 2.84. The van der Waals surface area contributed by atoms with Crippen molar-refractivity contribution >= 4 is 22.7 Å². The fraction of sp³-hybridized carbons (Fsp3) is 0.455. The Morgan fingerprint density at radius 1 is 0.321 bits per heavy atom. The molecule has 1 aliphatic carbocycles. The topological polar surface area (TPSA) is 178 Å². The van der Waals surface area contributed by atoms with Gasteiger partial charge in [-0.25, -0.2) is 0 Å². The molecule has 12 nitrogen and oxygen atoms in total. The van der Waals surface area contributed by atoms with Gasteiger partial charge in [0.15, 0.2) is 0 Å². The summed E-state index contributed by atoms with van der Waals surface area (Å²) in [5, 5.41) is 0. The molecule has 0 radical (unpaired) electrons. The van der Waals surface area contributed by atoms with E-state index in [1.54, 1.807) is 0 Å². The Morgan fingerprint density at radius 2 is 0.500 bits per heavy atom. The number of fused-ring (bicyclic) bond motifs is 8. The van der Waals surface area contributed by atoms with E-state index in [0.29, 0.717) is 151 Å². The normalized spacial score (nSPS) is 12.4. The Hall–Kier alpha value is -4.88. The number of ether oxygens (including phenoxy) is 8. The number of benzene rings is 4. The largest absolute Gasteiger partial charge is 0.491 e. The first-order valence-corrected chi connectivity index (χ1v) is 19.7. The SMILES string of the molecule is CCOCCOc1c2cc(N)cc1Cc1cc(N)cc(c1OCCOCC)Cc1cc(N)cc(c1OCCOCC)Cc1cc(N)cc(c1OCCOCC)C2. The molecule has 4 aromatic rings. The van der Waals surface area contributed by atoms with Crippen LogP contribution in [0.1, 0.15) is 72.2 Å². The predicted octanol–water partition coefficient (Wildman–Crippen LogP) is 6.35. The van der Waals surface area contributed by atoms with Gasteiger partial charge >= 0.3 is 0 Å². The van der Waals surface area contributed by atoms with Gasteiger partial charge in [-0.1, -0.05) is 0 Å². The van der Waals surface area contributed by atoms with Crippen LogP contribution in [0.15, 0.2) is 48.5 Å². The average Bonchev–Trinajstić information content (AvgIpc) is 3.15. The smallest absolute Gasteiger partial charge is 0.126 e. The van der Waals surface area contributed by atoms with E-state index >= 15 is 0 Å². The Balaban J connectivity index is 1.77. The molecule has 0 aromatic heterocycles. The zero-order chi connectivity index (χ0) is 39.9. The number of rotatable bonds is 20. The van der Waals surface area contributed by atoms with Gasteiger partial charge in [-0.05, 0) is 76.2 Å². The minimum Gasteiger partial charge on any atom is -0.491 e. The van der Waals surface area contributed by atoms with Crippen LogP contribution in [0.5, 0.6) is 23.0 Å². The standard InChI is InChI=1S/C44H60N4O8/c1-5-49-9-13-53-41-29-17-31-23-38(46)25-33(42(31)54-14-10-50-6-2)19-35-27-40(48)28-36(44(35)56-16-12-52-8-4)20-34-26-39(47)24-32(18-30(41)22-37(45)21-29)43(34)55-15-11-51-7-3/h21-28H,5-20,45-48H2,1-4H3. The average molecular weight is 773 g/mol. The maximum atomic E-state index is 6.69. The van der Waals surface area contributed by atoms with Gasteiger partial charge in [0.25, 0.3) is 0 Å². The van der Waals surface area contributed by atoms with Gasteiger partial charge in [0.1, 0.15) is 49.4 Å². The minimum absolute atomic E-state index is 0.347. The molecule has 0 saturated heterocycles. The van der Waals surface area contributed by atoms with Crippen molar-refractivity contribution in [1.82, 2.24) is 0 Å². The van der Waals surface area contributed by atoms with Crippen LogP contribution in [0.3, 0.4) is 0 Å². The summed E-state index contributed by atoms with van der Waals surface area (Å²) >= 11 is 0. The van der Waals surface area contributed by atoms with Crippen LogP contribution >= 0.6 is 0 Å². The molecule has 56 heavy (non-hydrogen) atoms. The van der Waals surface area contributed by atoms with Crippen LogP contribution < -0.4 is 41.9 Å². The molecule has 0 spiro atoms. The first-order chi connectivity index (χ1) is 27.2. The Morgan fingerprint density at radius 3 is 0.661 bits per heavy atom. The summed E-state index contributed by atoms with van der Waals surface area (Å²) in [6, 6.07) is 15.6. The van der Waals surface area contributed by atoms with Crippen molar-refractivity contribution in [3.63, 3.8) is 0 Å². The van der Waals surface area contributed by atoms with E-state index in [0.717, 1.165) is 44.5 Å². The first kappa shape index (κ1) is 42.3. The third-order valence-corrected chi connectivity index (χ3v) is 9.30. The van der Waals surface area contributed by atoms with E-state index in [1.807, 2.05) is 76.2 Å². The van der Waals surface area contributed by atoms with Gasteiger partial charge in [-0.2, -0.15) is 0 Å². The zero-order valence-corrected chi connectivity index (χ0v) is 33.5. The number of hydrogen-bond acceptors (Lipinski definition) is 12. The van der Waals surface area contributed by atoms with Gasteiger partial charge in [0.05, 0.1) is 26.4 Å². The summed E-state index contributed by atoms with van der Waals surface area (Å²) in [6.45, 7) is 13.3. The van der Waals surface area contributed by atoms with E-state index in [2.05, 4.69) is 0 Å². The highest BCUT2D eigenvalue weighted by Crippen LogP contribution is 2.41. The second kappa shape index (κ2) is 21.4. The number of nitrogens with two attached hydrogens (primary N) is 4.